The molecule has 1 unspecified atom stereocenters. The maximum atomic E-state index is 11.1. The highest BCUT2D eigenvalue weighted by atomic mass is 16.8. The van der Waals surface area contributed by atoms with Crippen LogP contribution in [-0.4, -0.2) is 43.3 Å². The van der Waals surface area contributed by atoms with Gasteiger partial charge in [0.25, 0.3) is 0 Å². The van der Waals surface area contributed by atoms with Crippen molar-refractivity contribution in [3.05, 3.63) is 25.0 Å². The molecule has 0 saturated carbocycles. The van der Waals surface area contributed by atoms with E-state index < -0.39 is 30.1 Å². The van der Waals surface area contributed by atoms with Crippen LogP contribution in [0.15, 0.2) is 25.0 Å². The first kappa shape index (κ1) is 14.5. The van der Waals surface area contributed by atoms with Crippen LogP contribution >= 0.6 is 0 Å². The molecule has 2 heterocycles. The summed E-state index contributed by atoms with van der Waals surface area (Å²) in [7, 11) is 0. The van der Waals surface area contributed by atoms with E-state index in [0.717, 1.165) is 6.08 Å². The van der Waals surface area contributed by atoms with Gasteiger partial charge >= 0.3 is 12.1 Å². The monoisotopic (exact) mass is 284 g/mol. The first-order valence-electron chi connectivity index (χ1n) is 6.09. The van der Waals surface area contributed by atoms with E-state index in [4.69, 9.17) is 23.7 Å². The number of hydrogen-bond donors (Lipinski definition) is 0. The second-order valence-electron chi connectivity index (χ2n) is 4.67. The van der Waals surface area contributed by atoms with Gasteiger partial charge in [-0.1, -0.05) is 13.2 Å². The van der Waals surface area contributed by atoms with Gasteiger partial charge in [0, 0.05) is 12.5 Å². The Balaban J connectivity index is 1.83. The Hall–Kier alpha value is -1.86. The number of cyclic esters (lactones) is 2. The van der Waals surface area contributed by atoms with E-state index >= 15 is 0 Å². The van der Waals surface area contributed by atoms with Gasteiger partial charge in [0.15, 0.2) is 11.9 Å². The smallest absolute Gasteiger partial charge is 0.454 e. The Labute approximate surface area is 116 Å². The van der Waals surface area contributed by atoms with E-state index in [2.05, 4.69) is 13.2 Å². The molecule has 2 aliphatic rings. The van der Waals surface area contributed by atoms with Gasteiger partial charge in [-0.3, -0.25) is 0 Å². The molecule has 0 amide bonds. The van der Waals surface area contributed by atoms with E-state index in [1.54, 1.807) is 6.92 Å². The topological polar surface area (TPSA) is 80.3 Å². The minimum atomic E-state index is -0.980. The highest BCUT2D eigenvalue weighted by Gasteiger charge is 2.45. The van der Waals surface area contributed by atoms with Crippen molar-refractivity contribution in [2.75, 3.05) is 13.2 Å². The van der Waals surface area contributed by atoms with Crippen molar-refractivity contribution in [1.29, 1.82) is 0 Å². The van der Waals surface area contributed by atoms with Crippen molar-refractivity contribution < 1.29 is 33.3 Å². The SMILES string of the molecule is C=CC(=O)OC1COC(CC2(C)OC(=O)OC2=C)OC1. The minimum absolute atomic E-state index is 0.196. The average molecular weight is 284 g/mol. The highest BCUT2D eigenvalue weighted by molar-refractivity contribution is 5.81. The van der Waals surface area contributed by atoms with Crippen LogP contribution in [0.25, 0.3) is 0 Å². The van der Waals surface area contributed by atoms with Crippen molar-refractivity contribution in [1.82, 2.24) is 0 Å². The summed E-state index contributed by atoms with van der Waals surface area (Å²) >= 11 is 0. The maximum Gasteiger partial charge on any atom is 0.514 e. The molecular formula is C13H16O7. The summed E-state index contributed by atoms with van der Waals surface area (Å²) in [5, 5.41) is 0. The van der Waals surface area contributed by atoms with Crippen LogP contribution in [0.5, 0.6) is 0 Å². The number of carbonyl (C=O) groups is 2. The molecule has 0 aliphatic carbocycles. The largest absolute Gasteiger partial charge is 0.514 e. The van der Waals surface area contributed by atoms with Crippen LogP contribution < -0.4 is 0 Å². The Bertz CT molecular complexity index is 436. The third kappa shape index (κ3) is 3.17. The molecule has 0 spiro atoms. The lowest BCUT2D eigenvalue weighted by atomic mass is 10.00. The van der Waals surface area contributed by atoms with Gasteiger partial charge in [-0.05, 0) is 6.92 Å². The van der Waals surface area contributed by atoms with Gasteiger partial charge < -0.3 is 23.7 Å². The molecule has 2 aliphatic heterocycles. The number of rotatable bonds is 4. The van der Waals surface area contributed by atoms with Crippen molar-refractivity contribution in [2.45, 2.75) is 31.3 Å². The lowest BCUT2D eigenvalue weighted by molar-refractivity contribution is -0.234. The van der Waals surface area contributed by atoms with Gasteiger partial charge in [0.05, 0.1) is 13.2 Å². The van der Waals surface area contributed by atoms with Gasteiger partial charge in [-0.15, -0.1) is 0 Å². The summed E-state index contributed by atoms with van der Waals surface area (Å²) in [5.41, 5.74) is -0.980. The zero-order valence-electron chi connectivity index (χ0n) is 11.1. The molecule has 2 rings (SSSR count). The van der Waals surface area contributed by atoms with Crippen LogP contribution in [0.1, 0.15) is 13.3 Å². The first-order chi connectivity index (χ1) is 9.43. The summed E-state index contributed by atoms with van der Waals surface area (Å²) in [6, 6.07) is 0. The van der Waals surface area contributed by atoms with Crippen LogP contribution in [0.3, 0.4) is 0 Å². The van der Waals surface area contributed by atoms with Crippen LogP contribution in [-0.2, 0) is 28.5 Å². The van der Waals surface area contributed by atoms with Gasteiger partial charge in [0.2, 0.25) is 0 Å². The molecule has 0 N–H and O–H groups in total. The summed E-state index contributed by atoms with van der Waals surface area (Å²) in [5.74, 6) is -0.311. The van der Waals surface area contributed by atoms with E-state index in [9.17, 15) is 9.59 Å². The Morgan fingerprint density at radius 3 is 2.65 bits per heavy atom. The summed E-state index contributed by atoms with van der Waals surface area (Å²) in [4.78, 5) is 22.1. The Morgan fingerprint density at radius 1 is 1.50 bits per heavy atom. The zero-order valence-corrected chi connectivity index (χ0v) is 11.1. The Kier molecular flexibility index (Phi) is 4.10. The van der Waals surface area contributed by atoms with Gasteiger partial charge in [0.1, 0.15) is 11.9 Å². The molecule has 0 aromatic rings. The molecule has 0 radical (unpaired) electrons. The lowest BCUT2D eigenvalue weighted by Gasteiger charge is -2.32. The molecule has 7 heteroatoms. The van der Waals surface area contributed by atoms with Crippen molar-refractivity contribution in [3.8, 4) is 0 Å². The lowest BCUT2D eigenvalue weighted by Crippen LogP contribution is -2.42. The number of hydrogen-bond acceptors (Lipinski definition) is 7. The third-order valence-corrected chi connectivity index (χ3v) is 3.05. The molecule has 2 saturated heterocycles. The molecule has 0 bridgehead atoms. The van der Waals surface area contributed by atoms with Crippen LogP contribution in [0.2, 0.25) is 0 Å². The average Bonchev–Trinajstić information content (AvgIpc) is 2.65. The normalized spacial score (nSPS) is 33.2. The molecule has 0 aromatic carbocycles. The van der Waals surface area contributed by atoms with Crippen molar-refractivity contribution in [3.63, 3.8) is 0 Å². The van der Waals surface area contributed by atoms with Gasteiger partial charge in [-0.2, -0.15) is 0 Å². The summed E-state index contributed by atoms with van der Waals surface area (Å²) < 4.78 is 25.7. The second-order valence-corrected chi connectivity index (χ2v) is 4.67. The Morgan fingerprint density at radius 2 is 2.15 bits per heavy atom. The van der Waals surface area contributed by atoms with Crippen molar-refractivity contribution in [2.24, 2.45) is 0 Å². The van der Waals surface area contributed by atoms with Crippen LogP contribution in [0, 0.1) is 0 Å². The molecule has 0 aromatic heterocycles. The number of carbonyl (C=O) groups excluding carboxylic acids is 2. The first-order valence-corrected chi connectivity index (χ1v) is 6.09. The highest BCUT2D eigenvalue weighted by Crippen LogP contribution is 2.34. The molecule has 7 nitrogen and oxygen atoms in total. The molecular weight excluding hydrogens is 268 g/mol. The molecule has 1 atom stereocenters. The fraction of sp³-hybridized carbons (Fsp3) is 0.538. The van der Waals surface area contributed by atoms with E-state index in [1.807, 2.05) is 0 Å². The van der Waals surface area contributed by atoms with E-state index in [1.165, 1.54) is 0 Å². The standard InChI is InChI=1S/C13H16O7/c1-4-10(14)19-9-6-16-11(17-7-9)5-13(3)8(2)18-12(15)20-13/h4,9,11H,1-2,5-7H2,3H3. The van der Waals surface area contributed by atoms with Crippen molar-refractivity contribution >= 4 is 12.1 Å². The van der Waals surface area contributed by atoms with E-state index in [-0.39, 0.29) is 25.4 Å². The number of ether oxygens (including phenoxy) is 5. The predicted molar refractivity (Wildman–Crippen MR) is 65.5 cm³/mol. The van der Waals surface area contributed by atoms with E-state index in [0.29, 0.717) is 0 Å². The molecule has 20 heavy (non-hydrogen) atoms. The molecule has 110 valence electrons. The maximum absolute atomic E-state index is 11.1. The van der Waals surface area contributed by atoms with Gasteiger partial charge in [-0.25, -0.2) is 9.59 Å². The zero-order chi connectivity index (χ0) is 14.8. The summed E-state index contributed by atoms with van der Waals surface area (Å²) in [6.07, 6.45) is -0.530. The second kappa shape index (κ2) is 5.64. The fourth-order valence-electron chi connectivity index (χ4n) is 1.87. The fourth-order valence-corrected chi connectivity index (χ4v) is 1.87. The van der Waals surface area contributed by atoms with Crippen LogP contribution in [0.4, 0.5) is 4.79 Å². The predicted octanol–water partition coefficient (Wildman–Crippen LogP) is 1.29. The quantitative estimate of drug-likeness (QED) is 0.568. The number of esters is 1. The third-order valence-electron chi connectivity index (χ3n) is 3.05. The minimum Gasteiger partial charge on any atom is -0.454 e. The molecule has 2 fully saturated rings. The summed E-state index contributed by atoms with van der Waals surface area (Å²) in [6.45, 7) is 8.99.